The van der Waals surface area contributed by atoms with E-state index in [-0.39, 0.29) is 5.91 Å². The third-order valence-electron chi connectivity index (χ3n) is 4.62. The highest BCUT2D eigenvalue weighted by Gasteiger charge is 2.20. The average molecular weight is 415 g/mol. The van der Waals surface area contributed by atoms with Crippen LogP contribution in [0.5, 0.6) is 0 Å². The van der Waals surface area contributed by atoms with E-state index in [0.29, 0.717) is 15.1 Å². The Hall–Kier alpha value is -2.14. The second kappa shape index (κ2) is 6.79. The number of carbonyl (C=O) groups excluding carboxylic acids is 1. The summed E-state index contributed by atoms with van der Waals surface area (Å²) in [6.45, 7) is 3.99. The molecule has 136 valence electrons. The Kier molecular flexibility index (Phi) is 4.58. The van der Waals surface area contributed by atoms with E-state index >= 15 is 0 Å². The summed E-state index contributed by atoms with van der Waals surface area (Å²) < 4.78 is 0.980. The highest BCUT2D eigenvalue weighted by atomic mass is 35.5. The van der Waals surface area contributed by atoms with Gasteiger partial charge in [-0.2, -0.15) is 0 Å². The molecule has 0 aliphatic heterocycles. The topological polar surface area (TPSA) is 33.2 Å². The molecule has 0 aliphatic carbocycles. The van der Waals surface area contributed by atoms with Crippen LogP contribution in [-0.2, 0) is 0 Å². The van der Waals surface area contributed by atoms with E-state index in [1.807, 2.05) is 44.2 Å². The Balaban J connectivity index is 1.85. The van der Waals surface area contributed by atoms with Crippen LogP contribution in [0, 0.1) is 13.8 Å². The molecule has 0 N–H and O–H groups in total. The maximum Gasteiger partial charge on any atom is 0.268 e. The van der Waals surface area contributed by atoms with Crippen molar-refractivity contribution in [1.82, 2.24) is 4.98 Å². The number of anilines is 1. The molecule has 0 fully saturated rings. The number of pyridine rings is 1. The minimum absolute atomic E-state index is 0.0987. The van der Waals surface area contributed by atoms with Crippen LogP contribution < -0.4 is 4.90 Å². The minimum Gasteiger partial charge on any atom is -0.310 e. The van der Waals surface area contributed by atoms with E-state index in [1.54, 1.807) is 18.0 Å². The third kappa shape index (κ3) is 3.18. The van der Waals surface area contributed by atoms with E-state index in [4.69, 9.17) is 23.2 Å². The highest BCUT2D eigenvalue weighted by Crippen LogP contribution is 2.37. The van der Waals surface area contributed by atoms with Gasteiger partial charge in [-0.15, -0.1) is 11.3 Å². The smallest absolute Gasteiger partial charge is 0.268 e. The first-order valence-corrected chi connectivity index (χ1v) is 9.96. The Labute approximate surface area is 171 Å². The Morgan fingerprint density at radius 1 is 1.04 bits per heavy atom. The van der Waals surface area contributed by atoms with Crippen LogP contribution in [0.3, 0.4) is 0 Å². The monoisotopic (exact) mass is 414 g/mol. The largest absolute Gasteiger partial charge is 0.310 e. The van der Waals surface area contributed by atoms with Crippen molar-refractivity contribution in [3.8, 4) is 0 Å². The molecule has 0 unspecified atom stereocenters. The molecule has 4 aromatic rings. The lowest BCUT2D eigenvalue weighted by molar-refractivity contribution is 0.0997. The fourth-order valence-corrected chi connectivity index (χ4v) is 4.79. The normalized spacial score (nSPS) is 11.3. The van der Waals surface area contributed by atoms with Gasteiger partial charge in [0.2, 0.25) is 0 Å². The maximum absolute atomic E-state index is 13.1. The quantitative estimate of drug-likeness (QED) is 0.344. The van der Waals surface area contributed by atoms with Gasteiger partial charge in [0, 0.05) is 33.2 Å². The van der Waals surface area contributed by atoms with Crippen LogP contribution >= 0.6 is 34.5 Å². The molecule has 0 aliphatic rings. The van der Waals surface area contributed by atoms with Gasteiger partial charge in [-0.25, -0.2) is 4.98 Å². The van der Waals surface area contributed by atoms with Gasteiger partial charge in [0.15, 0.2) is 0 Å². The molecule has 4 rings (SSSR count). The van der Waals surface area contributed by atoms with E-state index < -0.39 is 0 Å². The predicted octanol–water partition coefficient (Wildman–Crippen LogP) is 6.65. The predicted molar refractivity (Wildman–Crippen MR) is 116 cm³/mol. The van der Waals surface area contributed by atoms with Gasteiger partial charge in [0.1, 0.15) is 5.15 Å². The van der Waals surface area contributed by atoms with Crippen LogP contribution in [0.1, 0.15) is 20.8 Å². The van der Waals surface area contributed by atoms with Crippen LogP contribution in [0.2, 0.25) is 10.2 Å². The first-order chi connectivity index (χ1) is 12.8. The molecule has 0 bridgehead atoms. The molecule has 2 heterocycles. The summed E-state index contributed by atoms with van der Waals surface area (Å²) in [4.78, 5) is 19.8. The SMILES string of the molecule is Cc1ccc2nc(Cl)c3cc(C(=O)N(C)c4cc(Cl)ccc4C)sc3c2c1. The number of aryl methyl sites for hydroxylation is 2. The lowest BCUT2D eigenvalue weighted by Gasteiger charge is -2.19. The van der Waals surface area contributed by atoms with Gasteiger partial charge < -0.3 is 4.90 Å². The van der Waals surface area contributed by atoms with Crippen molar-refractivity contribution in [1.29, 1.82) is 0 Å². The van der Waals surface area contributed by atoms with Crippen molar-refractivity contribution < 1.29 is 4.79 Å². The van der Waals surface area contributed by atoms with Crippen LogP contribution in [0.4, 0.5) is 5.69 Å². The minimum atomic E-state index is -0.0987. The second-order valence-electron chi connectivity index (χ2n) is 6.57. The molecule has 0 saturated carbocycles. The number of hydrogen-bond donors (Lipinski definition) is 0. The molecule has 6 heteroatoms. The van der Waals surface area contributed by atoms with Crippen molar-refractivity contribution in [2.24, 2.45) is 0 Å². The third-order valence-corrected chi connectivity index (χ3v) is 6.30. The molecule has 0 saturated heterocycles. The van der Waals surface area contributed by atoms with Gasteiger partial charge in [0.25, 0.3) is 5.91 Å². The number of nitrogens with zero attached hydrogens (tertiary/aromatic N) is 2. The number of rotatable bonds is 2. The lowest BCUT2D eigenvalue weighted by Crippen LogP contribution is -2.26. The molecular weight excluding hydrogens is 399 g/mol. The number of hydrogen-bond acceptors (Lipinski definition) is 3. The van der Waals surface area contributed by atoms with E-state index in [9.17, 15) is 4.79 Å². The van der Waals surface area contributed by atoms with Crippen molar-refractivity contribution in [2.75, 3.05) is 11.9 Å². The van der Waals surface area contributed by atoms with Crippen LogP contribution in [-0.4, -0.2) is 17.9 Å². The Bertz CT molecular complexity index is 1220. The highest BCUT2D eigenvalue weighted by molar-refractivity contribution is 7.22. The molecule has 3 nitrogen and oxygen atoms in total. The summed E-state index contributed by atoms with van der Waals surface area (Å²) >= 11 is 13.9. The lowest BCUT2D eigenvalue weighted by atomic mass is 10.1. The maximum atomic E-state index is 13.1. The molecule has 2 aromatic carbocycles. The summed E-state index contributed by atoms with van der Waals surface area (Å²) in [5, 5.41) is 2.83. The van der Waals surface area contributed by atoms with Crippen molar-refractivity contribution in [2.45, 2.75) is 13.8 Å². The molecule has 2 aromatic heterocycles. The van der Waals surface area contributed by atoms with Gasteiger partial charge >= 0.3 is 0 Å². The van der Waals surface area contributed by atoms with E-state index in [0.717, 1.165) is 37.8 Å². The van der Waals surface area contributed by atoms with Crippen LogP contribution in [0.15, 0.2) is 42.5 Å². The van der Waals surface area contributed by atoms with Crippen molar-refractivity contribution >= 4 is 67.1 Å². The van der Waals surface area contributed by atoms with Crippen LogP contribution in [0.25, 0.3) is 21.0 Å². The number of amides is 1. The number of thiophene rings is 1. The van der Waals surface area contributed by atoms with E-state index in [1.165, 1.54) is 11.3 Å². The number of benzene rings is 2. The number of halogens is 2. The van der Waals surface area contributed by atoms with Gasteiger partial charge in [-0.05, 0) is 49.7 Å². The zero-order valence-corrected chi connectivity index (χ0v) is 17.3. The number of fused-ring (bicyclic) bond motifs is 3. The average Bonchev–Trinajstić information content (AvgIpc) is 3.09. The molecule has 0 radical (unpaired) electrons. The number of carbonyl (C=O) groups is 1. The van der Waals surface area contributed by atoms with Crippen molar-refractivity contribution in [3.05, 3.63) is 68.6 Å². The summed E-state index contributed by atoms with van der Waals surface area (Å²) in [5.74, 6) is -0.0987. The molecule has 1 amide bonds. The van der Waals surface area contributed by atoms with E-state index in [2.05, 4.69) is 11.1 Å². The van der Waals surface area contributed by atoms with Gasteiger partial charge in [-0.1, -0.05) is 40.9 Å². The van der Waals surface area contributed by atoms with Gasteiger partial charge in [0.05, 0.1) is 10.4 Å². The van der Waals surface area contributed by atoms with Gasteiger partial charge in [-0.3, -0.25) is 4.79 Å². The first-order valence-electron chi connectivity index (χ1n) is 8.39. The summed E-state index contributed by atoms with van der Waals surface area (Å²) in [6, 6.07) is 13.4. The summed E-state index contributed by atoms with van der Waals surface area (Å²) in [6.07, 6.45) is 0. The first kappa shape index (κ1) is 18.2. The molecular formula is C21H16Cl2N2OS. The Morgan fingerprint density at radius 2 is 1.81 bits per heavy atom. The fourth-order valence-electron chi connectivity index (χ4n) is 3.16. The zero-order valence-electron chi connectivity index (χ0n) is 15.0. The van der Waals surface area contributed by atoms with Crippen molar-refractivity contribution in [3.63, 3.8) is 0 Å². The summed E-state index contributed by atoms with van der Waals surface area (Å²) in [5.41, 5.74) is 3.74. The zero-order chi connectivity index (χ0) is 19.3. The Morgan fingerprint density at radius 3 is 2.59 bits per heavy atom. The standard InChI is InChI=1S/C21H16Cl2N2OS/c1-11-4-7-16-14(8-11)19-15(20(23)24-16)10-18(27-19)21(26)25(3)17-9-13(22)6-5-12(17)2/h4-10H,1-3H3. The molecule has 0 spiro atoms. The summed E-state index contributed by atoms with van der Waals surface area (Å²) in [7, 11) is 1.76. The molecule has 0 atom stereocenters. The molecule has 27 heavy (non-hydrogen) atoms. The second-order valence-corrected chi connectivity index (χ2v) is 8.42. The number of aromatic nitrogens is 1. The fraction of sp³-hybridized carbons (Fsp3) is 0.143.